The van der Waals surface area contributed by atoms with E-state index in [1.54, 1.807) is 0 Å². The lowest BCUT2D eigenvalue weighted by molar-refractivity contribution is -0.120. The Labute approximate surface area is 127 Å². The van der Waals surface area contributed by atoms with Gasteiger partial charge in [0.1, 0.15) is 0 Å². The second-order valence-corrected chi connectivity index (χ2v) is 6.04. The molecule has 1 aliphatic heterocycles. The van der Waals surface area contributed by atoms with Crippen LogP contribution in [0, 0.1) is 5.92 Å². The Morgan fingerprint density at radius 3 is 2.62 bits per heavy atom. The molecule has 0 aliphatic carbocycles. The summed E-state index contributed by atoms with van der Waals surface area (Å²) in [4.78, 5) is 13.8. The zero-order valence-corrected chi connectivity index (χ0v) is 13.0. The molecule has 21 heavy (non-hydrogen) atoms. The summed E-state index contributed by atoms with van der Waals surface area (Å²) in [6.07, 6.45) is 5.67. The lowest BCUT2D eigenvalue weighted by Gasteiger charge is -2.20. The van der Waals surface area contributed by atoms with E-state index >= 15 is 0 Å². The van der Waals surface area contributed by atoms with Crippen LogP contribution >= 0.6 is 0 Å². The molecule has 1 heterocycles. The molecule has 4 heteroatoms. The molecule has 0 bridgehead atoms. The molecule has 2 rings (SSSR count). The summed E-state index contributed by atoms with van der Waals surface area (Å²) < 4.78 is 0. The Morgan fingerprint density at radius 2 is 1.95 bits per heavy atom. The van der Waals surface area contributed by atoms with Crippen molar-refractivity contribution in [2.75, 3.05) is 13.1 Å². The Morgan fingerprint density at radius 1 is 1.24 bits per heavy atom. The predicted molar refractivity (Wildman–Crippen MR) is 85.4 cm³/mol. The molecule has 1 unspecified atom stereocenters. The van der Waals surface area contributed by atoms with Gasteiger partial charge < -0.3 is 0 Å². The van der Waals surface area contributed by atoms with Gasteiger partial charge in [-0.2, -0.15) is 0 Å². The maximum absolute atomic E-state index is 11.2. The Balaban J connectivity index is 1.86. The highest BCUT2D eigenvalue weighted by atomic mass is 16.2. The maximum Gasteiger partial charge on any atom is 0.238 e. The van der Waals surface area contributed by atoms with Crippen LogP contribution in [0.4, 0.5) is 0 Å². The van der Waals surface area contributed by atoms with Gasteiger partial charge in [0, 0.05) is 6.54 Å². The number of rotatable bonds is 5. The molecular weight excluding hydrogens is 262 g/mol. The second-order valence-electron chi connectivity index (χ2n) is 6.04. The van der Waals surface area contributed by atoms with Gasteiger partial charge in [-0.3, -0.25) is 15.1 Å². The van der Waals surface area contributed by atoms with Crippen LogP contribution in [-0.2, 0) is 17.8 Å². The standard InChI is InChI=1S/C17H27N3O/c1-2-14-4-3-10-20(11-9-14)13-16-7-5-15(6-8-16)12-17(21)19-18/h5-8,14H,2-4,9-13,18H2,1H3,(H,19,21). The molecule has 3 N–H and O–H groups in total. The number of hydrogen-bond donors (Lipinski definition) is 2. The van der Waals surface area contributed by atoms with E-state index in [2.05, 4.69) is 29.4 Å². The monoisotopic (exact) mass is 289 g/mol. The minimum atomic E-state index is -0.152. The van der Waals surface area contributed by atoms with Crippen LogP contribution in [0.1, 0.15) is 43.7 Å². The Bertz CT molecular complexity index is 444. The van der Waals surface area contributed by atoms with Crippen molar-refractivity contribution in [1.82, 2.24) is 10.3 Å². The number of nitrogens with one attached hydrogen (secondary N) is 1. The first kappa shape index (κ1) is 16.0. The summed E-state index contributed by atoms with van der Waals surface area (Å²) in [5, 5.41) is 0. The van der Waals surface area contributed by atoms with E-state index in [1.165, 1.54) is 44.3 Å². The molecule has 116 valence electrons. The first-order valence-corrected chi connectivity index (χ1v) is 8.01. The van der Waals surface area contributed by atoms with Crippen LogP contribution in [0.25, 0.3) is 0 Å². The highest BCUT2D eigenvalue weighted by molar-refractivity contribution is 5.77. The Kier molecular flexibility index (Phi) is 6.21. The molecule has 1 aromatic carbocycles. The number of hydrogen-bond acceptors (Lipinski definition) is 3. The summed E-state index contributed by atoms with van der Waals surface area (Å²) >= 11 is 0. The summed E-state index contributed by atoms with van der Waals surface area (Å²) in [5.41, 5.74) is 4.49. The van der Waals surface area contributed by atoms with Gasteiger partial charge in [-0.1, -0.05) is 37.6 Å². The molecular formula is C17H27N3O. The van der Waals surface area contributed by atoms with Crippen LogP contribution in [0.2, 0.25) is 0 Å². The van der Waals surface area contributed by atoms with Crippen molar-refractivity contribution in [3.05, 3.63) is 35.4 Å². The molecule has 4 nitrogen and oxygen atoms in total. The number of benzene rings is 1. The summed E-state index contributed by atoms with van der Waals surface area (Å²) in [6.45, 7) is 5.72. The van der Waals surface area contributed by atoms with Crippen LogP contribution in [0.5, 0.6) is 0 Å². The SMILES string of the molecule is CCC1CCCN(Cc2ccc(CC(=O)NN)cc2)CC1. The zero-order chi connectivity index (χ0) is 15.1. The van der Waals surface area contributed by atoms with Gasteiger partial charge in [0.25, 0.3) is 0 Å². The number of hydrazine groups is 1. The second kappa shape index (κ2) is 8.15. The van der Waals surface area contributed by atoms with Gasteiger partial charge in [-0.15, -0.1) is 0 Å². The first-order chi connectivity index (χ1) is 10.2. The first-order valence-electron chi connectivity index (χ1n) is 8.01. The highest BCUT2D eigenvalue weighted by Gasteiger charge is 2.15. The van der Waals surface area contributed by atoms with E-state index in [0.29, 0.717) is 6.42 Å². The van der Waals surface area contributed by atoms with Gasteiger partial charge in [0.2, 0.25) is 5.91 Å². The third kappa shape index (κ3) is 5.14. The predicted octanol–water partition coefficient (Wildman–Crippen LogP) is 2.23. The van der Waals surface area contributed by atoms with Crippen molar-refractivity contribution < 1.29 is 4.79 Å². The van der Waals surface area contributed by atoms with E-state index in [1.807, 2.05) is 12.1 Å². The van der Waals surface area contributed by atoms with Crippen LogP contribution in [0.15, 0.2) is 24.3 Å². The number of nitrogens with zero attached hydrogens (tertiary/aromatic N) is 1. The molecule has 0 spiro atoms. The van der Waals surface area contributed by atoms with Crippen molar-refractivity contribution in [3.63, 3.8) is 0 Å². The van der Waals surface area contributed by atoms with Crippen molar-refractivity contribution in [1.29, 1.82) is 0 Å². The fraction of sp³-hybridized carbons (Fsp3) is 0.588. The molecule has 1 saturated heterocycles. The maximum atomic E-state index is 11.2. The number of likely N-dealkylation sites (tertiary alicyclic amines) is 1. The van der Waals surface area contributed by atoms with Crippen LogP contribution < -0.4 is 11.3 Å². The summed E-state index contributed by atoms with van der Waals surface area (Å²) in [5.74, 6) is 5.86. The number of nitrogens with two attached hydrogens (primary N) is 1. The van der Waals surface area contributed by atoms with E-state index in [9.17, 15) is 4.79 Å². The molecule has 0 radical (unpaired) electrons. The topological polar surface area (TPSA) is 58.4 Å². The number of carbonyl (C=O) groups excluding carboxylic acids is 1. The van der Waals surface area contributed by atoms with Gasteiger partial charge >= 0.3 is 0 Å². The highest BCUT2D eigenvalue weighted by Crippen LogP contribution is 2.21. The largest absolute Gasteiger partial charge is 0.299 e. The lowest BCUT2D eigenvalue weighted by atomic mass is 9.98. The summed E-state index contributed by atoms with van der Waals surface area (Å²) in [6, 6.07) is 8.30. The van der Waals surface area contributed by atoms with E-state index in [-0.39, 0.29) is 5.91 Å². The minimum Gasteiger partial charge on any atom is -0.299 e. The molecule has 1 atom stereocenters. The molecule has 0 saturated carbocycles. The quantitative estimate of drug-likeness (QED) is 0.496. The van der Waals surface area contributed by atoms with Crippen LogP contribution in [0.3, 0.4) is 0 Å². The van der Waals surface area contributed by atoms with Crippen molar-refractivity contribution in [2.45, 2.75) is 45.6 Å². The van der Waals surface area contributed by atoms with Gasteiger partial charge in [0.15, 0.2) is 0 Å². The van der Waals surface area contributed by atoms with Crippen molar-refractivity contribution >= 4 is 5.91 Å². The summed E-state index contributed by atoms with van der Waals surface area (Å²) in [7, 11) is 0. The fourth-order valence-corrected chi connectivity index (χ4v) is 3.05. The number of amides is 1. The third-order valence-electron chi connectivity index (χ3n) is 4.47. The van der Waals surface area contributed by atoms with Gasteiger partial charge in [-0.05, 0) is 49.4 Å². The Hall–Kier alpha value is -1.39. The average molecular weight is 289 g/mol. The average Bonchev–Trinajstić information content (AvgIpc) is 2.74. The van der Waals surface area contributed by atoms with E-state index in [4.69, 9.17) is 5.84 Å². The van der Waals surface area contributed by atoms with E-state index in [0.717, 1.165) is 18.0 Å². The fourth-order valence-electron chi connectivity index (χ4n) is 3.05. The van der Waals surface area contributed by atoms with Crippen LogP contribution in [-0.4, -0.2) is 23.9 Å². The normalized spacial score (nSPS) is 20.0. The number of carbonyl (C=O) groups is 1. The zero-order valence-electron chi connectivity index (χ0n) is 13.0. The molecule has 1 aromatic rings. The van der Waals surface area contributed by atoms with Gasteiger partial charge in [-0.25, -0.2) is 5.84 Å². The van der Waals surface area contributed by atoms with Gasteiger partial charge in [0.05, 0.1) is 6.42 Å². The minimum absolute atomic E-state index is 0.152. The molecule has 1 fully saturated rings. The third-order valence-corrected chi connectivity index (χ3v) is 4.47. The van der Waals surface area contributed by atoms with Crippen molar-refractivity contribution in [3.8, 4) is 0 Å². The van der Waals surface area contributed by atoms with Crippen molar-refractivity contribution in [2.24, 2.45) is 11.8 Å². The molecule has 1 amide bonds. The lowest BCUT2D eigenvalue weighted by Crippen LogP contribution is -2.31. The molecule has 1 aliphatic rings. The molecule has 0 aromatic heterocycles. The smallest absolute Gasteiger partial charge is 0.238 e. The van der Waals surface area contributed by atoms with E-state index < -0.39 is 0 Å².